The highest BCUT2D eigenvalue weighted by Crippen LogP contribution is 2.45. The van der Waals surface area contributed by atoms with E-state index < -0.39 is 35.4 Å². The lowest BCUT2D eigenvalue weighted by Gasteiger charge is -2.33. The van der Waals surface area contributed by atoms with Crippen molar-refractivity contribution in [3.63, 3.8) is 0 Å². The first kappa shape index (κ1) is 23.4. The Morgan fingerprint density at radius 1 is 0.943 bits per heavy atom. The van der Waals surface area contributed by atoms with Gasteiger partial charge < -0.3 is 44.8 Å². The second kappa shape index (κ2) is 9.26. The van der Waals surface area contributed by atoms with Crippen LogP contribution in [0, 0.1) is 0 Å². The third kappa shape index (κ3) is 4.81. The highest BCUT2D eigenvalue weighted by atomic mass is 16.6. The van der Waals surface area contributed by atoms with Crippen molar-refractivity contribution in [3.05, 3.63) is 65.2 Å². The molecule has 0 fully saturated rings. The predicted molar refractivity (Wildman–Crippen MR) is 122 cm³/mol. The van der Waals surface area contributed by atoms with Crippen molar-refractivity contribution in [3.8, 4) is 46.0 Å². The Kier molecular flexibility index (Phi) is 6.20. The van der Waals surface area contributed by atoms with E-state index in [1.807, 2.05) is 0 Å². The second-order valence-corrected chi connectivity index (χ2v) is 7.83. The lowest BCUT2D eigenvalue weighted by Crippen LogP contribution is -2.34. The molecule has 1 aliphatic heterocycles. The van der Waals surface area contributed by atoms with Gasteiger partial charge in [-0.15, -0.1) is 0 Å². The Balaban J connectivity index is 1.64. The van der Waals surface area contributed by atoms with Crippen molar-refractivity contribution >= 4 is 12.0 Å². The van der Waals surface area contributed by atoms with E-state index >= 15 is 0 Å². The lowest BCUT2D eigenvalue weighted by atomic mass is 9.93. The van der Waals surface area contributed by atoms with Crippen molar-refractivity contribution in [2.45, 2.75) is 18.6 Å². The number of phenols is 6. The van der Waals surface area contributed by atoms with Crippen LogP contribution in [0.2, 0.25) is 0 Å². The molecule has 0 aromatic heterocycles. The molecule has 2 unspecified atom stereocenters. The average molecular weight is 482 g/mol. The first-order chi connectivity index (χ1) is 16.7. The molecule has 1 heterocycles. The van der Waals surface area contributed by atoms with Crippen LogP contribution >= 0.6 is 0 Å². The van der Waals surface area contributed by atoms with Crippen molar-refractivity contribution in [2.24, 2.45) is 0 Å². The Hall–Kier alpha value is -4.73. The van der Waals surface area contributed by atoms with Gasteiger partial charge in [-0.3, -0.25) is 0 Å². The number of ether oxygens (including phenoxy) is 3. The summed E-state index contributed by atoms with van der Waals surface area (Å²) in [5.41, 5.74) is 1.02. The highest BCUT2D eigenvalue weighted by molar-refractivity contribution is 5.87. The Morgan fingerprint density at radius 2 is 1.66 bits per heavy atom. The maximum atomic E-state index is 12.6. The zero-order valence-electron chi connectivity index (χ0n) is 18.4. The Bertz CT molecular complexity index is 1290. The first-order valence-electron chi connectivity index (χ1n) is 10.4. The van der Waals surface area contributed by atoms with Crippen LogP contribution in [0.3, 0.4) is 0 Å². The van der Waals surface area contributed by atoms with Gasteiger partial charge in [-0.1, -0.05) is 6.07 Å². The summed E-state index contributed by atoms with van der Waals surface area (Å²) in [6.07, 6.45) is 0.507. The second-order valence-electron chi connectivity index (χ2n) is 7.83. The number of methoxy groups -OCH3 is 1. The maximum Gasteiger partial charge on any atom is 0.331 e. The summed E-state index contributed by atoms with van der Waals surface area (Å²) in [5, 5.41) is 59.3. The fourth-order valence-corrected chi connectivity index (χ4v) is 3.77. The smallest absolute Gasteiger partial charge is 0.331 e. The van der Waals surface area contributed by atoms with Gasteiger partial charge in [0.2, 0.25) is 0 Å². The molecule has 3 aromatic rings. The average Bonchev–Trinajstić information content (AvgIpc) is 2.81. The standard InChI is InChI=1S/C25H22O10/c1-33-21-6-12(2-4-16(21)27)3-5-23(31)34-22-11-15-17(28)9-14(26)10-20(15)35-25(22)13-7-18(29)24(32)19(30)8-13/h2-10,22,25-30,32H,11H2,1H3. The minimum atomic E-state index is -1.06. The van der Waals surface area contributed by atoms with Gasteiger partial charge in [-0.2, -0.15) is 0 Å². The van der Waals surface area contributed by atoms with Gasteiger partial charge in [0.1, 0.15) is 23.4 Å². The van der Waals surface area contributed by atoms with Crippen molar-refractivity contribution in [1.82, 2.24) is 0 Å². The molecule has 1 aliphatic rings. The normalized spacial score (nSPS) is 16.9. The molecule has 0 amide bonds. The monoisotopic (exact) mass is 482 g/mol. The van der Waals surface area contributed by atoms with Crippen LogP contribution in [0.5, 0.6) is 46.0 Å². The zero-order chi connectivity index (χ0) is 25.3. The largest absolute Gasteiger partial charge is 0.508 e. The van der Waals surface area contributed by atoms with Crippen LogP contribution in [0.4, 0.5) is 0 Å². The SMILES string of the molecule is COc1cc(C=CC(=O)OC2Cc3c(O)cc(O)cc3OC2c2cc(O)c(O)c(O)c2)ccc1O. The maximum absolute atomic E-state index is 12.6. The molecule has 10 heteroatoms. The van der Waals surface area contributed by atoms with E-state index in [0.29, 0.717) is 5.56 Å². The minimum Gasteiger partial charge on any atom is -0.508 e. The van der Waals surface area contributed by atoms with Crippen LogP contribution < -0.4 is 9.47 Å². The van der Waals surface area contributed by atoms with E-state index in [9.17, 15) is 35.4 Å². The topological polar surface area (TPSA) is 166 Å². The Labute approximate surface area is 199 Å². The molecular formula is C25H22O10. The number of hydrogen-bond acceptors (Lipinski definition) is 10. The number of hydrogen-bond donors (Lipinski definition) is 6. The van der Waals surface area contributed by atoms with Crippen LogP contribution in [-0.4, -0.2) is 49.8 Å². The van der Waals surface area contributed by atoms with Crippen molar-refractivity contribution in [2.75, 3.05) is 7.11 Å². The summed E-state index contributed by atoms with van der Waals surface area (Å²) in [7, 11) is 1.39. The fraction of sp³-hybridized carbons (Fsp3) is 0.160. The number of esters is 1. The van der Waals surface area contributed by atoms with E-state index in [1.165, 1.54) is 31.4 Å². The first-order valence-corrected chi connectivity index (χ1v) is 10.4. The zero-order valence-corrected chi connectivity index (χ0v) is 18.4. The number of carbonyl (C=O) groups excluding carboxylic acids is 1. The van der Waals surface area contributed by atoms with E-state index in [4.69, 9.17) is 14.2 Å². The van der Waals surface area contributed by atoms with Crippen molar-refractivity contribution < 1.29 is 49.6 Å². The van der Waals surface area contributed by atoms with Gasteiger partial charge in [-0.25, -0.2) is 4.79 Å². The lowest BCUT2D eigenvalue weighted by molar-refractivity contribution is -0.149. The summed E-state index contributed by atoms with van der Waals surface area (Å²) in [5.74, 6) is -2.92. The molecule has 0 saturated heterocycles. The summed E-state index contributed by atoms with van der Waals surface area (Å²) >= 11 is 0. The third-order valence-electron chi connectivity index (χ3n) is 5.47. The molecule has 10 nitrogen and oxygen atoms in total. The number of rotatable bonds is 5. The number of benzene rings is 3. The third-order valence-corrected chi connectivity index (χ3v) is 5.47. The van der Waals surface area contributed by atoms with Gasteiger partial charge >= 0.3 is 5.97 Å². The number of aromatic hydroxyl groups is 6. The minimum absolute atomic E-state index is 0.0128. The van der Waals surface area contributed by atoms with Gasteiger partial charge in [0.25, 0.3) is 0 Å². The van der Waals surface area contributed by atoms with E-state index in [1.54, 1.807) is 6.07 Å². The quantitative estimate of drug-likeness (QED) is 0.181. The van der Waals surface area contributed by atoms with Crippen LogP contribution in [0.1, 0.15) is 22.8 Å². The number of carbonyl (C=O) groups is 1. The molecule has 4 rings (SSSR count). The summed E-state index contributed by atoms with van der Waals surface area (Å²) < 4.78 is 16.5. The number of fused-ring (bicyclic) bond motifs is 1. The molecular weight excluding hydrogens is 460 g/mol. The van der Waals surface area contributed by atoms with Crippen LogP contribution in [0.25, 0.3) is 6.08 Å². The molecule has 182 valence electrons. The molecule has 0 spiro atoms. The molecule has 0 saturated carbocycles. The molecule has 0 aliphatic carbocycles. The van der Waals surface area contributed by atoms with Crippen LogP contribution in [0.15, 0.2) is 48.5 Å². The van der Waals surface area contributed by atoms with E-state index in [2.05, 4.69) is 0 Å². The fourth-order valence-electron chi connectivity index (χ4n) is 3.77. The highest BCUT2D eigenvalue weighted by Gasteiger charge is 2.36. The summed E-state index contributed by atoms with van der Waals surface area (Å²) in [6, 6.07) is 9.19. The van der Waals surface area contributed by atoms with Crippen molar-refractivity contribution in [1.29, 1.82) is 0 Å². The predicted octanol–water partition coefficient (Wildman–Crippen LogP) is 3.23. The summed E-state index contributed by atoms with van der Waals surface area (Å²) in [6.45, 7) is 0. The van der Waals surface area contributed by atoms with Gasteiger partial charge in [0, 0.05) is 35.8 Å². The molecule has 2 atom stereocenters. The molecule has 35 heavy (non-hydrogen) atoms. The van der Waals surface area contributed by atoms with Gasteiger partial charge in [-0.05, 0) is 35.9 Å². The Morgan fingerprint density at radius 3 is 2.34 bits per heavy atom. The molecule has 3 aromatic carbocycles. The summed E-state index contributed by atoms with van der Waals surface area (Å²) in [4.78, 5) is 12.6. The van der Waals surface area contributed by atoms with Gasteiger partial charge in [0.05, 0.1) is 7.11 Å². The van der Waals surface area contributed by atoms with E-state index in [0.717, 1.165) is 24.3 Å². The molecule has 0 bridgehead atoms. The van der Waals surface area contributed by atoms with E-state index in [-0.39, 0.29) is 46.3 Å². The molecule has 6 N–H and O–H groups in total. The van der Waals surface area contributed by atoms with Crippen LogP contribution in [-0.2, 0) is 16.0 Å². The number of phenolic OH excluding ortho intramolecular Hbond substituents is 6. The molecule has 0 radical (unpaired) electrons. The van der Waals surface area contributed by atoms with Gasteiger partial charge in [0.15, 0.2) is 34.9 Å².